The average molecular weight is 337 g/mol. The van der Waals surface area contributed by atoms with Crippen LogP contribution in [0, 0.1) is 0 Å². The van der Waals surface area contributed by atoms with Crippen molar-refractivity contribution < 1.29 is 14.7 Å². The molecule has 0 saturated carbocycles. The summed E-state index contributed by atoms with van der Waals surface area (Å²) in [7, 11) is 0. The fraction of sp³-hybridized carbons (Fsp3) is 0. The maximum Gasteiger partial charge on any atom is 0.345 e. The van der Waals surface area contributed by atoms with Crippen molar-refractivity contribution in [2.24, 2.45) is 0 Å². The number of carbonyl (C=O) groups excluding carboxylic acids is 1. The number of carboxylic acid groups (broad SMARTS) is 1. The molecule has 2 heterocycles. The third-order valence-corrected chi connectivity index (χ3v) is 4.77. The number of hydrogen-bond donors (Lipinski definition) is 3. The number of rotatable bonds is 3. The second kappa shape index (κ2) is 5.47. The highest BCUT2D eigenvalue weighted by Crippen LogP contribution is 2.28. The maximum atomic E-state index is 12.5. The van der Waals surface area contributed by atoms with Crippen molar-refractivity contribution in [2.45, 2.75) is 0 Å². The number of para-hydroxylation sites is 1. The summed E-state index contributed by atoms with van der Waals surface area (Å²) in [5.74, 6) is -1.27. The number of aromatic carboxylic acids is 1. The third-order valence-electron chi connectivity index (χ3n) is 3.67. The molecule has 0 saturated heterocycles. The number of hydrogen-bond acceptors (Lipinski definition) is 4. The second-order valence-electron chi connectivity index (χ2n) is 5.24. The summed E-state index contributed by atoms with van der Waals surface area (Å²) in [6.07, 6.45) is 0. The molecule has 7 heteroatoms. The Hall–Kier alpha value is -3.19. The van der Waals surface area contributed by atoms with Gasteiger partial charge < -0.3 is 10.4 Å². The van der Waals surface area contributed by atoms with Gasteiger partial charge in [-0.15, -0.1) is 11.3 Å². The van der Waals surface area contributed by atoms with Gasteiger partial charge in [0.05, 0.1) is 5.52 Å². The molecule has 3 N–H and O–H groups in total. The first-order valence-electron chi connectivity index (χ1n) is 7.13. The number of anilines is 1. The van der Waals surface area contributed by atoms with E-state index in [1.807, 2.05) is 24.3 Å². The monoisotopic (exact) mass is 337 g/mol. The molecule has 118 valence electrons. The summed E-state index contributed by atoms with van der Waals surface area (Å²) >= 11 is 1.20. The van der Waals surface area contributed by atoms with Gasteiger partial charge in [0.1, 0.15) is 4.88 Å². The van der Waals surface area contributed by atoms with E-state index in [9.17, 15) is 9.59 Å². The molecule has 2 aromatic heterocycles. The Morgan fingerprint density at radius 1 is 1.12 bits per heavy atom. The van der Waals surface area contributed by atoms with E-state index in [2.05, 4.69) is 15.5 Å². The lowest BCUT2D eigenvalue weighted by Gasteiger charge is -2.03. The first-order chi connectivity index (χ1) is 11.6. The van der Waals surface area contributed by atoms with Gasteiger partial charge in [-0.05, 0) is 35.7 Å². The molecule has 4 aromatic rings. The second-order valence-corrected chi connectivity index (χ2v) is 6.32. The van der Waals surface area contributed by atoms with Crippen LogP contribution in [-0.2, 0) is 0 Å². The fourth-order valence-corrected chi connectivity index (χ4v) is 3.44. The van der Waals surface area contributed by atoms with Crippen molar-refractivity contribution in [1.29, 1.82) is 0 Å². The highest BCUT2D eigenvalue weighted by Gasteiger charge is 2.15. The van der Waals surface area contributed by atoms with Crippen molar-refractivity contribution in [3.63, 3.8) is 0 Å². The predicted molar refractivity (Wildman–Crippen MR) is 92.8 cm³/mol. The number of benzene rings is 2. The first-order valence-corrected chi connectivity index (χ1v) is 7.95. The molecular formula is C17H11N3O3S. The Bertz CT molecular complexity index is 1100. The van der Waals surface area contributed by atoms with Gasteiger partial charge in [0.2, 0.25) is 0 Å². The molecule has 4 rings (SSSR count). The largest absolute Gasteiger partial charge is 0.477 e. The summed E-state index contributed by atoms with van der Waals surface area (Å²) in [6, 6.07) is 14.3. The molecule has 6 nitrogen and oxygen atoms in total. The van der Waals surface area contributed by atoms with Crippen molar-refractivity contribution >= 4 is 49.9 Å². The molecule has 0 bridgehead atoms. The molecule has 0 spiro atoms. The number of aromatic nitrogens is 2. The molecule has 0 aliphatic heterocycles. The van der Waals surface area contributed by atoms with E-state index in [0.29, 0.717) is 11.4 Å². The predicted octanol–water partition coefficient (Wildman–Crippen LogP) is 3.73. The van der Waals surface area contributed by atoms with Crippen LogP contribution in [0.15, 0.2) is 48.5 Å². The summed E-state index contributed by atoms with van der Waals surface area (Å²) in [5.41, 5.74) is 1.71. The van der Waals surface area contributed by atoms with Crippen LogP contribution in [0.1, 0.15) is 20.2 Å². The van der Waals surface area contributed by atoms with E-state index in [-0.39, 0.29) is 10.8 Å². The molecule has 24 heavy (non-hydrogen) atoms. The van der Waals surface area contributed by atoms with Gasteiger partial charge in [0, 0.05) is 15.8 Å². The van der Waals surface area contributed by atoms with Gasteiger partial charge in [0.25, 0.3) is 5.91 Å². The smallest absolute Gasteiger partial charge is 0.345 e. The summed E-state index contributed by atoms with van der Waals surface area (Å²) < 4.78 is 0.857. The fourth-order valence-electron chi connectivity index (χ4n) is 2.55. The van der Waals surface area contributed by atoms with E-state index in [1.54, 1.807) is 24.3 Å². The zero-order valence-electron chi connectivity index (χ0n) is 12.2. The van der Waals surface area contributed by atoms with Crippen LogP contribution < -0.4 is 5.32 Å². The van der Waals surface area contributed by atoms with E-state index >= 15 is 0 Å². The quantitative estimate of drug-likeness (QED) is 0.531. The lowest BCUT2D eigenvalue weighted by atomic mass is 10.2. The Labute approximate surface area is 139 Å². The van der Waals surface area contributed by atoms with Gasteiger partial charge >= 0.3 is 5.97 Å². The van der Waals surface area contributed by atoms with Crippen LogP contribution in [0.25, 0.3) is 21.0 Å². The molecular weight excluding hydrogens is 326 g/mol. The number of fused-ring (bicyclic) bond motifs is 2. The molecule has 0 radical (unpaired) electrons. The number of carbonyl (C=O) groups is 2. The molecule has 0 atom stereocenters. The Balaban J connectivity index is 1.66. The summed E-state index contributed by atoms with van der Waals surface area (Å²) in [4.78, 5) is 23.8. The van der Waals surface area contributed by atoms with Crippen LogP contribution in [0.5, 0.6) is 0 Å². The number of nitrogens with one attached hydrogen (secondary N) is 2. The zero-order valence-corrected chi connectivity index (χ0v) is 13.1. The highest BCUT2D eigenvalue weighted by atomic mass is 32.1. The van der Waals surface area contributed by atoms with Crippen molar-refractivity contribution in [3.05, 3.63) is 59.1 Å². The number of amides is 1. The maximum absolute atomic E-state index is 12.5. The van der Waals surface area contributed by atoms with E-state index < -0.39 is 5.97 Å². The molecule has 1 amide bonds. The highest BCUT2D eigenvalue weighted by molar-refractivity contribution is 7.20. The number of carboxylic acids is 1. The number of H-pyrrole nitrogens is 1. The van der Waals surface area contributed by atoms with Crippen LogP contribution in [-0.4, -0.2) is 27.2 Å². The van der Waals surface area contributed by atoms with Crippen molar-refractivity contribution in [1.82, 2.24) is 10.2 Å². The van der Waals surface area contributed by atoms with Gasteiger partial charge in [-0.25, -0.2) is 4.79 Å². The van der Waals surface area contributed by atoms with Gasteiger partial charge in [-0.1, -0.05) is 18.2 Å². The summed E-state index contributed by atoms with van der Waals surface area (Å²) in [6.45, 7) is 0. The Kier molecular flexibility index (Phi) is 3.28. The molecule has 0 fully saturated rings. The minimum atomic E-state index is -0.954. The van der Waals surface area contributed by atoms with E-state index in [4.69, 9.17) is 5.11 Å². The SMILES string of the molecule is O=C(O)c1cc2cc(NC(=O)c3n[nH]c4ccccc34)ccc2s1. The zero-order chi connectivity index (χ0) is 16.7. The summed E-state index contributed by atoms with van der Waals surface area (Å²) in [5, 5.41) is 20.3. The lowest BCUT2D eigenvalue weighted by molar-refractivity contribution is 0.0702. The van der Waals surface area contributed by atoms with E-state index in [0.717, 1.165) is 21.0 Å². The molecule has 0 unspecified atom stereocenters. The van der Waals surface area contributed by atoms with Gasteiger partial charge in [0.15, 0.2) is 5.69 Å². The molecule has 0 aliphatic rings. The van der Waals surface area contributed by atoms with Gasteiger partial charge in [-0.2, -0.15) is 5.10 Å². The van der Waals surface area contributed by atoms with Crippen LogP contribution in [0.2, 0.25) is 0 Å². The van der Waals surface area contributed by atoms with Crippen LogP contribution >= 0.6 is 11.3 Å². The van der Waals surface area contributed by atoms with Gasteiger partial charge in [-0.3, -0.25) is 9.89 Å². The van der Waals surface area contributed by atoms with Crippen molar-refractivity contribution in [2.75, 3.05) is 5.32 Å². The Morgan fingerprint density at radius 3 is 2.79 bits per heavy atom. The average Bonchev–Trinajstić information content (AvgIpc) is 3.18. The first kappa shape index (κ1) is 14.4. The van der Waals surface area contributed by atoms with Crippen LogP contribution in [0.3, 0.4) is 0 Å². The lowest BCUT2D eigenvalue weighted by Crippen LogP contribution is -2.12. The Morgan fingerprint density at radius 2 is 1.96 bits per heavy atom. The van der Waals surface area contributed by atoms with E-state index in [1.165, 1.54) is 11.3 Å². The van der Waals surface area contributed by atoms with Crippen molar-refractivity contribution in [3.8, 4) is 0 Å². The number of nitrogens with zero attached hydrogens (tertiary/aromatic N) is 1. The third kappa shape index (κ3) is 2.40. The topological polar surface area (TPSA) is 95.1 Å². The standard InChI is InChI=1S/C17H11N3O3S/c21-16(15-11-3-1-2-4-12(11)19-20-15)18-10-5-6-13-9(7-10)8-14(24-13)17(22)23/h1-8H,(H,18,21)(H,19,20)(H,22,23). The molecule has 0 aliphatic carbocycles. The minimum Gasteiger partial charge on any atom is -0.477 e. The van der Waals surface area contributed by atoms with Crippen LogP contribution in [0.4, 0.5) is 5.69 Å². The number of aromatic amines is 1. The normalized spacial score (nSPS) is 11.0. The minimum absolute atomic E-state index is 0.270. The molecule has 2 aromatic carbocycles. The number of thiophene rings is 1.